The molecule has 3 rings (SSSR count). The summed E-state index contributed by atoms with van der Waals surface area (Å²) in [6.07, 6.45) is 3.71. The topological polar surface area (TPSA) is 46.5 Å². The molecule has 1 N–H and O–H groups in total. The van der Waals surface area contributed by atoms with E-state index in [0.717, 1.165) is 22.1 Å². The molecular weight excluding hydrogens is 188 g/mol. The summed E-state index contributed by atoms with van der Waals surface area (Å²) >= 11 is 0. The molecule has 3 aromatic heterocycles. The second-order valence-corrected chi connectivity index (χ2v) is 3.99. The van der Waals surface area contributed by atoms with Crippen LogP contribution in [0.2, 0.25) is 0 Å². The average molecular weight is 200 g/mol. The monoisotopic (exact) mass is 200 g/mol. The molecule has 3 aromatic rings. The van der Waals surface area contributed by atoms with Crippen LogP contribution in [0, 0.1) is 0 Å². The van der Waals surface area contributed by atoms with Crippen molar-refractivity contribution >= 4 is 22.1 Å². The van der Waals surface area contributed by atoms with Crippen molar-refractivity contribution in [2.75, 3.05) is 0 Å². The van der Waals surface area contributed by atoms with Crippen molar-refractivity contribution in [3.8, 4) is 0 Å². The third kappa shape index (κ3) is 1.14. The molecule has 0 amide bonds. The van der Waals surface area contributed by atoms with Crippen LogP contribution in [-0.4, -0.2) is 19.7 Å². The van der Waals surface area contributed by atoms with E-state index in [0.29, 0.717) is 6.04 Å². The van der Waals surface area contributed by atoms with E-state index in [-0.39, 0.29) is 0 Å². The molecule has 4 nitrogen and oxygen atoms in total. The van der Waals surface area contributed by atoms with Gasteiger partial charge in [0.25, 0.3) is 0 Å². The van der Waals surface area contributed by atoms with Gasteiger partial charge in [-0.15, -0.1) is 0 Å². The molecule has 0 radical (unpaired) electrons. The smallest absolute Gasteiger partial charge is 0.160 e. The van der Waals surface area contributed by atoms with Gasteiger partial charge >= 0.3 is 0 Å². The Morgan fingerprint density at radius 3 is 3.07 bits per heavy atom. The maximum Gasteiger partial charge on any atom is 0.160 e. The van der Waals surface area contributed by atoms with Gasteiger partial charge in [0.2, 0.25) is 0 Å². The Hall–Kier alpha value is -1.84. The minimum Gasteiger partial charge on any atom is -0.303 e. The number of hydrogen-bond donors (Lipinski definition) is 1. The number of rotatable bonds is 1. The van der Waals surface area contributed by atoms with Crippen LogP contribution in [0.15, 0.2) is 24.5 Å². The van der Waals surface area contributed by atoms with E-state index in [9.17, 15) is 0 Å². The second kappa shape index (κ2) is 2.82. The number of nitrogens with zero attached hydrogens (tertiary/aromatic N) is 3. The van der Waals surface area contributed by atoms with Gasteiger partial charge in [0.15, 0.2) is 5.65 Å². The van der Waals surface area contributed by atoms with E-state index in [4.69, 9.17) is 0 Å². The van der Waals surface area contributed by atoms with Crippen molar-refractivity contribution in [2.24, 2.45) is 0 Å². The molecule has 0 aromatic carbocycles. The van der Waals surface area contributed by atoms with Gasteiger partial charge < -0.3 is 5.10 Å². The molecule has 0 fully saturated rings. The fourth-order valence-electron chi connectivity index (χ4n) is 1.86. The molecule has 4 heteroatoms. The summed E-state index contributed by atoms with van der Waals surface area (Å²) in [5.41, 5.74) is 2.91. The maximum absolute atomic E-state index is 4.48. The highest BCUT2D eigenvalue weighted by atomic mass is 15.3. The lowest BCUT2D eigenvalue weighted by atomic mass is 10.3. The van der Waals surface area contributed by atoms with Crippen molar-refractivity contribution in [2.45, 2.75) is 19.9 Å². The summed E-state index contributed by atoms with van der Waals surface area (Å²) in [6.45, 7) is 4.28. The third-order valence-electron chi connectivity index (χ3n) is 2.61. The minimum atomic E-state index is 0.407. The molecular formula is C11H12N4. The zero-order valence-corrected chi connectivity index (χ0v) is 8.73. The number of nitrogens with one attached hydrogen (secondary N) is 1. The molecule has 0 saturated carbocycles. The molecule has 0 aliphatic carbocycles. The van der Waals surface area contributed by atoms with Crippen molar-refractivity contribution < 1.29 is 0 Å². The van der Waals surface area contributed by atoms with Crippen molar-refractivity contribution in [3.63, 3.8) is 0 Å². The van der Waals surface area contributed by atoms with Gasteiger partial charge in [-0.2, -0.15) is 0 Å². The predicted octanol–water partition coefficient (Wildman–Crippen LogP) is 2.49. The summed E-state index contributed by atoms with van der Waals surface area (Å²) in [7, 11) is 0. The molecule has 76 valence electrons. The van der Waals surface area contributed by atoms with Crippen LogP contribution in [0.1, 0.15) is 19.9 Å². The number of fused-ring (bicyclic) bond motifs is 2. The van der Waals surface area contributed by atoms with Gasteiger partial charge in [-0.3, -0.25) is 4.68 Å². The number of aromatic nitrogens is 4. The summed E-state index contributed by atoms with van der Waals surface area (Å²) in [6, 6.07) is 4.52. The molecule has 0 bridgehead atoms. The number of aromatic amines is 1. The lowest BCUT2D eigenvalue weighted by Crippen LogP contribution is -2.01. The fourth-order valence-corrected chi connectivity index (χ4v) is 1.86. The fraction of sp³-hybridized carbons (Fsp3) is 0.273. The van der Waals surface area contributed by atoms with Gasteiger partial charge in [0.1, 0.15) is 5.52 Å². The first-order chi connectivity index (χ1) is 7.25. The lowest BCUT2D eigenvalue weighted by molar-refractivity contribution is 0.551. The zero-order valence-electron chi connectivity index (χ0n) is 8.73. The van der Waals surface area contributed by atoms with E-state index >= 15 is 0 Å². The van der Waals surface area contributed by atoms with Crippen LogP contribution in [0.25, 0.3) is 22.1 Å². The molecule has 0 saturated heterocycles. The van der Waals surface area contributed by atoms with Gasteiger partial charge in [-0.25, -0.2) is 9.97 Å². The van der Waals surface area contributed by atoms with E-state index < -0.39 is 0 Å². The number of pyridine rings is 1. The molecule has 0 aliphatic heterocycles. The van der Waals surface area contributed by atoms with Crippen LogP contribution in [0.3, 0.4) is 0 Å². The molecule has 0 aliphatic rings. The molecule has 3 heterocycles. The van der Waals surface area contributed by atoms with Crippen LogP contribution < -0.4 is 0 Å². The Balaban J connectivity index is 2.41. The zero-order chi connectivity index (χ0) is 10.4. The van der Waals surface area contributed by atoms with Crippen LogP contribution >= 0.6 is 0 Å². The van der Waals surface area contributed by atoms with Crippen molar-refractivity contribution in [1.82, 2.24) is 19.7 Å². The minimum absolute atomic E-state index is 0.407. The highest BCUT2D eigenvalue weighted by Gasteiger charge is 2.07. The lowest BCUT2D eigenvalue weighted by Gasteiger charge is -2.07. The Labute approximate surface area is 86.9 Å². The third-order valence-corrected chi connectivity index (χ3v) is 2.61. The Morgan fingerprint density at radius 1 is 1.40 bits per heavy atom. The normalized spacial score (nSPS) is 11.9. The maximum atomic E-state index is 4.48. The largest absolute Gasteiger partial charge is 0.303 e. The molecule has 15 heavy (non-hydrogen) atoms. The van der Waals surface area contributed by atoms with Gasteiger partial charge in [0, 0.05) is 23.8 Å². The van der Waals surface area contributed by atoms with E-state index in [1.165, 1.54) is 0 Å². The highest BCUT2D eigenvalue weighted by Crippen LogP contribution is 2.20. The van der Waals surface area contributed by atoms with Crippen molar-refractivity contribution in [1.29, 1.82) is 0 Å². The summed E-state index contributed by atoms with van der Waals surface area (Å²) in [5.74, 6) is 0. The summed E-state index contributed by atoms with van der Waals surface area (Å²) < 4.78 is 2.11. The first-order valence-electron chi connectivity index (χ1n) is 5.07. The summed E-state index contributed by atoms with van der Waals surface area (Å²) in [5, 5.41) is 4.30. The van der Waals surface area contributed by atoms with E-state index in [1.54, 1.807) is 6.20 Å². The predicted molar refractivity (Wildman–Crippen MR) is 59.8 cm³/mol. The van der Waals surface area contributed by atoms with E-state index in [2.05, 4.69) is 39.7 Å². The quantitative estimate of drug-likeness (QED) is 0.656. The van der Waals surface area contributed by atoms with Gasteiger partial charge in [0.05, 0.1) is 5.52 Å². The summed E-state index contributed by atoms with van der Waals surface area (Å²) in [4.78, 5) is 8.67. The van der Waals surface area contributed by atoms with E-state index in [1.807, 2.05) is 12.3 Å². The molecule has 0 unspecified atom stereocenters. The second-order valence-electron chi connectivity index (χ2n) is 3.99. The van der Waals surface area contributed by atoms with Gasteiger partial charge in [-0.05, 0) is 26.0 Å². The van der Waals surface area contributed by atoms with Crippen LogP contribution in [-0.2, 0) is 0 Å². The highest BCUT2D eigenvalue weighted by molar-refractivity contribution is 5.89. The average Bonchev–Trinajstić information content (AvgIpc) is 2.77. The molecule has 0 atom stereocenters. The first kappa shape index (κ1) is 8.47. The first-order valence-corrected chi connectivity index (χ1v) is 5.07. The van der Waals surface area contributed by atoms with Crippen LogP contribution in [0.4, 0.5) is 0 Å². The van der Waals surface area contributed by atoms with Gasteiger partial charge in [-0.1, -0.05) is 0 Å². The number of H-pyrrole nitrogens is 1. The SMILES string of the molecule is CC(C)n1[nH]cc2nc3nccc3cc21. The Morgan fingerprint density at radius 2 is 2.27 bits per heavy atom. The standard InChI is InChI=1S/C11H12N4/c1-7(2)15-10-5-8-3-4-12-11(8)14-9(10)6-13-15/h3-7,13H,1-2H3. The number of hydrogen-bond acceptors (Lipinski definition) is 2. The molecule has 0 spiro atoms. The van der Waals surface area contributed by atoms with Crippen LogP contribution in [0.5, 0.6) is 0 Å². The van der Waals surface area contributed by atoms with Crippen molar-refractivity contribution in [3.05, 3.63) is 24.5 Å². The Kier molecular flexibility index (Phi) is 1.59. The Bertz CT molecular complexity index is 618.